The zero-order valence-electron chi connectivity index (χ0n) is 8.07. The number of fused-ring (bicyclic) bond motifs is 1. The lowest BCUT2D eigenvalue weighted by molar-refractivity contribution is -0.132. The Labute approximate surface area is 86.0 Å². The minimum atomic E-state index is -0.441. The number of amides is 1. The molecule has 0 unspecified atom stereocenters. The van der Waals surface area contributed by atoms with Crippen molar-refractivity contribution >= 4 is 17.6 Å². The van der Waals surface area contributed by atoms with Crippen molar-refractivity contribution in [1.29, 1.82) is 0 Å². The van der Waals surface area contributed by atoms with Crippen LogP contribution >= 0.6 is 0 Å². The van der Waals surface area contributed by atoms with Crippen LogP contribution in [0.4, 0.5) is 5.69 Å². The van der Waals surface area contributed by atoms with Crippen LogP contribution in [0.3, 0.4) is 0 Å². The van der Waals surface area contributed by atoms with Gasteiger partial charge in [-0.05, 0) is 12.1 Å². The van der Waals surface area contributed by atoms with Crippen LogP contribution in [0.1, 0.15) is 6.92 Å². The predicted octanol–water partition coefficient (Wildman–Crippen LogP) is 0.943. The van der Waals surface area contributed by atoms with Crippen LogP contribution in [-0.2, 0) is 9.59 Å². The Kier molecular flexibility index (Phi) is 2.29. The smallest absolute Gasteiger partial charge is 0.308 e. The van der Waals surface area contributed by atoms with Crippen LogP contribution in [-0.4, -0.2) is 18.5 Å². The van der Waals surface area contributed by atoms with E-state index in [4.69, 9.17) is 9.47 Å². The lowest BCUT2D eigenvalue weighted by atomic mass is 10.2. The first-order chi connectivity index (χ1) is 7.16. The van der Waals surface area contributed by atoms with E-state index < -0.39 is 5.97 Å². The third-order valence-electron chi connectivity index (χ3n) is 1.86. The molecule has 0 fully saturated rings. The van der Waals surface area contributed by atoms with E-state index >= 15 is 0 Å². The van der Waals surface area contributed by atoms with E-state index in [2.05, 4.69) is 5.32 Å². The van der Waals surface area contributed by atoms with Crippen molar-refractivity contribution in [3.8, 4) is 11.5 Å². The number of anilines is 1. The van der Waals surface area contributed by atoms with Gasteiger partial charge in [0.15, 0.2) is 12.4 Å². The number of rotatable bonds is 1. The number of hydrogen-bond donors (Lipinski definition) is 1. The quantitative estimate of drug-likeness (QED) is 0.550. The van der Waals surface area contributed by atoms with Gasteiger partial charge in [0.05, 0.1) is 0 Å². The first kappa shape index (κ1) is 9.51. The van der Waals surface area contributed by atoms with E-state index in [1.807, 2.05) is 0 Å². The lowest BCUT2D eigenvalue weighted by Gasteiger charge is -2.19. The summed E-state index contributed by atoms with van der Waals surface area (Å²) in [5, 5.41) is 2.59. The molecule has 0 atom stereocenters. The van der Waals surface area contributed by atoms with E-state index in [1.165, 1.54) is 6.92 Å². The van der Waals surface area contributed by atoms with Gasteiger partial charge in [0.25, 0.3) is 5.91 Å². The SMILES string of the molecule is CC(=O)Oc1cccc2c1NC(=O)CO2. The van der Waals surface area contributed by atoms with Crippen molar-refractivity contribution in [3.05, 3.63) is 18.2 Å². The van der Waals surface area contributed by atoms with Gasteiger partial charge in [0, 0.05) is 6.92 Å². The second kappa shape index (κ2) is 3.61. The van der Waals surface area contributed by atoms with Gasteiger partial charge in [-0.25, -0.2) is 0 Å². The van der Waals surface area contributed by atoms with Crippen LogP contribution in [0.2, 0.25) is 0 Å². The first-order valence-electron chi connectivity index (χ1n) is 4.41. The molecule has 5 heteroatoms. The Morgan fingerprint density at radius 2 is 2.33 bits per heavy atom. The fraction of sp³-hybridized carbons (Fsp3) is 0.200. The van der Waals surface area contributed by atoms with Crippen LogP contribution in [0.5, 0.6) is 11.5 Å². The van der Waals surface area contributed by atoms with Crippen molar-refractivity contribution in [2.45, 2.75) is 6.92 Å². The summed E-state index contributed by atoms with van der Waals surface area (Å²) in [5.74, 6) is 0.103. The Morgan fingerprint density at radius 3 is 3.07 bits per heavy atom. The number of ether oxygens (including phenoxy) is 2. The summed E-state index contributed by atoms with van der Waals surface area (Å²) in [5.41, 5.74) is 0.406. The monoisotopic (exact) mass is 207 g/mol. The molecule has 5 nitrogen and oxygen atoms in total. The summed E-state index contributed by atoms with van der Waals surface area (Å²) < 4.78 is 10.1. The first-order valence-corrected chi connectivity index (χ1v) is 4.41. The van der Waals surface area contributed by atoms with E-state index in [9.17, 15) is 9.59 Å². The summed E-state index contributed by atoms with van der Waals surface area (Å²) in [4.78, 5) is 21.9. The number of nitrogens with one attached hydrogen (secondary N) is 1. The molecular weight excluding hydrogens is 198 g/mol. The molecule has 0 saturated heterocycles. The summed E-state index contributed by atoms with van der Waals surface area (Å²) in [6.07, 6.45) is 0. The number of para-hydroxylation sites is 1. The molecule has 0 aliphatic carbocycles. The maximum atomic E-state index is 11.1. The molecule has 0 radical (unpaired) electrons. The Balaban J connectivity index is 2.39. The van der Waals surface area contributed by atoms with Crippen LogP contribution < -0.4 is 14.8 Å². The average Bonchev–Trinajstić information content (AvgIpc) is 2.18. The lowest BCUT2D eigenvalue weighted by Crippen LogP contribution is -2.26. The largest absolute Gasteiger partial charge is 0.481 e. The normalized spacial score (nSPS) is 13.5. The minimum absolute atomic E-state index is 0.0173. The fourth-order valence-electron chi connectivity index (χ4n) is 1.31. The Bertz CT molecular complexity index is 427. The molecule has 1 heterocycles. The molecule has 2 rings (SSSR count). The van der Waals surface area contributed by atoms with Gasteiger partial charge >= 0.3 is 5.97 Å². The molecule has 0 aromatic heterocycles. The number of carbonyl (C=O) groups is 2. The number of benzene rings is 1. The highest BCUT2D eigenvalue weighted by molar-refractivity contribution is 5.97. The van der Waals surface area contributed by atoms with Gasteiger partial charge in [0.1, 0.15) is 11.4 Å². The van der Waals surface area contributed by atoms with Crippen molar-refractivity contribution in [2.75, 3.05) is 11.9 Å². The second-order valence-corrected chi connectivity index (χ2v) is 3.06. The van der Waals surface area contributed by atoms with Gasteiger partial charge in [-0.1, -0.05) is 6.07 Å². The standard InChI is InChI=1S/C10H9NO4/c1-6(12)15-8-4-2-3-7-10(8)11-9(13)5-14-7/h2-4H,5H2,1H3,(H,11,13). The molecule has 1 aromatic carbocycles. The third kappa shape index (κ3) is 1.90. The molecule has 1 N–H and O–H groups in total. The topological polar surface area (TPSA) is 64.6 Å². The molecule has 0 spiro atoms. The predicted molar refractivity (Wildman–Crippen MR) is 51.9 cm³/mol. The van der Waals surface area contributed by atoms with Gasteiger partial charge in [-0.15, -0.1) is 0 Å². The number of esters is 1. The highest BCUT2D eigenvalue weighted by Gasteiger charge is 2.20. The maximum absolute atomic E-state index is 11.1. The highest BCUT2D eigenvalue weighted by atomic mass is 16.5. The molecular formula is C10H9NO4. The van der Waals surface area contributed by atoms with Crippen LogP contribution in [0.15, 0.2) is 18.2 Å². The van der Waals surface area contributed by atoms with Gasteiger partial charge < -0.3 is 14.8 Å². The molecule has 1 aliphatic heterocycles. The van der Waals surface area contributed by atoms with Crippen molar-refractivity contribution in [3.63, 3.8) is 0 Å². The summed E-state index contributed by atoms with van der Waals surface area (Å²) in [6, 6.07) is 4.98. The van der Waals surface area contributed by atoms with Crippen molar-refractivity contribution < 1.29 is 19.1 Å². The molecule has 1 amide bonds. The molecule has 15 heavy (non-hydrogen) atoms. The number of hydrogen-bond acceptors (Lipinski definition) is 4. The summed E-state index contributed by atoms with van der Waals surface area (Å²) in [6.45, 7) is 1.28. The minimum Gasteiger partial charge on any atom is -0.481 e. The average molecular weight is 207 g/mol. The van der Waals surface area contributed by atoms with Gasteiger partial charge in [0.2, 0.25) is 0 Å². The Morgan fingerprint density at radius 1 is 1.53 bits per heavy atom. The molecule has 1 aromatic rings. The van der Waals surface area contributed by atoms with Crippen LogP contribution in [0, 0.1) is 0 Å². The van der Waals surface area contributed by atoms with E-state index in [0.717, 1.165) is 0 Å². The Hall–Kier alpha value is -2.04. The summed E-state index contributed by atoms with van der Waals surface area (Å²) in [7, 11) is 0. The van der Waals surface area contributed by atoms with Gasteiger partial charge in [-0.2, -0.15) is 0 Å². The molecule has 78 valence electrons. The van der Waals surface area contributed by atoms with Gasteiger partial charge in [-0.3, -0.25) is 9.59 Å². The van der Waals surface area contributed by atoms with E-state index in [-0.39, 0.29) is 12.5 Å². The van der Waals surface area contributed by atoms with E-state index in [0.29, 0.717) is 17.2 Å². The zero-order chi connectivity index (χ0) is 10.8. The number of carbonyl (C=O) groups excluding carboxylic acids is 2. The van der Waals surface area contributed by atoms with Crippen molar-refractivity contribution in [2.24, 2.45) is 0 Å². The molecule has 1 aliphatic rings. The molecule has 0 bridgehead atoms. The third-order valence-corrected chi connectivity index (χ3v) is 1.86. The second-order valence-electron chi connectivity index (χ2n) is 3.06. The van der Waals surface area contributed by atoms with Crippen LogP contribution in [0.25, 0.3) is 0 Å². The van der Waals surface area contributed by atoms with E-state index in [1.54, 1.807) is 18.2 Å². The molecule has 0 saturated carbocycles. The zero-order valence-corrected chi connectivity index (χ0v) is 8.07. The summed E-state index contributed by atoms with van der Waals surface area (Å²) >= 11 is 0. The van der Waals surface area contributed by atoms with Crippen molar-refractivity contribution in [1.82, 2.24) is 0 Å². The highest BCUT2D eigenvalue weighted by Crippen LogP contribution is 2.36. The fourth-order valence-corrected chi connectivity index (χ4v) is 1.31. The maximum Gasteiger partial charge on any atom is 0.308 e.